The summed E-state index contributed by atoms with van der Waals surface area (Å²) < 4.78 is 5.18. The first kappa shape index (κ1) is 17.6. The maximum Gasteiger partial charge on any atom is 0.229 e. The van der Waals surface area contributed by atoms with Crippen LogP contribution in [0.5, 0.6) is 5.75 Å². The molecule has 0 bridgehead atoms. The van der Waals surface area contributed by atoms with E-state index in [1.807, 2.05) is 12.1 Å². The Morgan fingerprint density at radius 3 is 2.60 bits per heavy atom. The molecule has 7 heteroatoms. The van der Waals surface area contributed by atoms with Gasteiger partial charge in [0.05, 0.1) is 13.0 Å². The van der Waals surface area contributed by atoms with Gasteiger partial charge in [-0.2, -0.15) is 0 Å². The van der Waals surface area contributed by atoms with E-state index in [0.717, 1.165) is 0 Å². The number of nitrogens with one attached hydrogen (secondary N) is 1. The molecule has 2 aromatic rings. The minimum Gasteiger partial charge on any atom is -0.497 e. The second kappa shape index (κ2) is 7.33. The van der Waals surface area contributed by atoms with Crippen molar-refractivity contribution in [2.45, 2.75) is 6.42 Å². The zero-order chi connectivity index (χ0) is 18.0. The van der Waals surface area contributed by atoms with Crippen molar-refractivity contribution in [1.82, 2.24) is 0 Å². The molecule has 2 amide bonds. The zero-order valence-electron chi connectivity index (χ0n) is 13.5. The lowest BCUT2D eigenvalue weighted by atomic mass is 10.1. The number of carbonyl (C=O) groups excluding carboxylic acids is 2. The van der Waals surface area contributed by atoms with Gasteiger partial charge in [-0.15, -0.1) is 0 Å². The predicted octanol–water partition coefficient (Wildman–Crippen LogP) is 3.99. The van der Waals surface area contributed by atoms with Crippen molar-refractivity contribution in [2.75, 3.05) is 23.9 Å². The number of ether oxygens (including phenoxy) is 1. The molecule has 0 aliphatic carbocycles. The van der Waals surface area contributed by atoms with Crippen LogP contribution in [0.4, 0.5) is 11.4 Å². The van der Waals surface area contributed by atoms with E-state index in [9.17, 15) is 9.59 Å². The summed E-state index contributed by atoms with van der Waals surface area (Å²) in [5.74, 6) is -0.127. The third kappa shape index (κ3) is 4.06. The van der Waals surface area contributed by atoms with Crippen molar-refractivity contribution >= 4 is 46.4 Å². The van der Waals surface area contributed by atoms with Gasteiger partial charge in [0.15, 0.2) is 0 Å². The number of rotatable bonds is 4. The molecule has 2 aromatic carbocycles. The van der Waals surface area contributed by atoms with Crippen LogP contribution in [-0.4, -0.2) is 25.5 Å². The number of methoxy groups -OCH3 is 1. The molecular formula is C18H16Cl2N2O3. The van der Waals surface area contributed by atoms with Crippen molar-refractivity contribution in [3.8, 4) is 5.75 Å². The van der Waals surface area contributed by atoms with Crippen LogP contribution >= 0.6 is 23.2 Å². The van der Waals surface area contributed by atoms with Gasteiger partial charge in [-0.05, 0) is 30.3 Å². The fourth-order valence-electron chi connectivity index (χ4n) is 2.78. The summed E-state index contributed by atoms with van der Waals surface area (Å²) >= 11 is 11.9. The minimum atomic E-state index is -0.448. The third-order valence-corrected chi connectivity index (χ3v) is 4.43. The number of hydrogen-bond acceptors (Lipinski definition) is 3. The van der Waals surface area contributed by atoms with Crippen molar-refractivity contribution in [3.63, 3.8) is 0 Å². The number of amides is 2. The molecule has 1 saturated heterocycles. The lowest BCUT2D eigenvalue weighted by Crippen LogP contribution is -2.28. The van der Waals surface area contributed by atoms with Crippen LogP contribution < -0.4 is 15.0 Å². The van der Waals surface area contributed by atoms with Gasteiger partial charge >= 0.3 is 0 Å². The van der Waals surface area contributed by atoms with Gasteiger partial charge in [-0.3, -0.25) is 9.59 Å². The molecule has 5 nitrogen and oxygen atoms in total. The summed E-state index contributed by atoms with van der Waals surface area (Å²) in [5, 5.41) is 3.64. The molecular weight excluding hydrogens is 363 g/mol. The lowest BCUT2D eigenvalue weighted by molar-refractivity contribution is -0.122. The topological polar surface area (TPSA) is 58.6 Å². The van der Waals surface area contributed by atoms with Crippen molar-refractivity contribution in [2.24, 2.45) is 5.92 Å². The van der Waals surface area contributed by atoms with Crippen LogP contribution in [0.25, 0.3) is 0 Å². The van der Waals surface area contributed by atoms with E-state index in [1.165, 1.54) is 0 Å². The molecule has 130 valence electrons. The van der Waals surface area contributed by atoms with E-state index < -0.39 is 5.92 Å². The fourth-order valence-corrected chi connectivity index (χ4v) is 3.31. The molecule has 0 saturated carbocycles. The SMILES string of the molecule is COc1cccc(N2C[C@H](C(=O)Nc3cc(Cl)cc(Cl)c3)CC2=O)c1. The minimum absolute atomic E-state index is 0.0995. The highest BCUT2D eigenvalue weighted by molar-refractivity contribution is 6.35. The van der Waals surface area contributed by atoms with Gasteiger partial charge in [0.1, 0.15) is 5.75 Å². The highest BCUT2D eigenvalue weighted by Gasteiger charge is 2.35. The van der Waals surface area contributed by atoms with Gasteiger partial charge in [0.2, 0.25) is 11.8 Å². The first-order valence-corrected chi connectivity index (χ1v) is 8.43. The number of hydrogen-bond donors (Lipinski definition) is 1. The first-order chi connectivity index (χ1) is 12.0. The number of nitrogens with zero attached hydrogens (tertiary/aromatic N) is 1. The van der Waals surface area contributed by atoms with E-state index in [0.29, 0.717) is 33.7 Å². The Labute approximate surface area is 155 Å². The number of anilines is 2. The van der Waals surface area contributed by atoms with Gasteiger partial charge in [-0.25, -0.2) is 0 Å². The Morgan fingerprint density at radius 2 is 1.92 bits per heavy atom. The van der Waals surface area contributed by atoms with E-state index in [2.05, 4.69) is 5.32 Å². The van der Waals surface area contributed by atoms with Crippen LogP contribution in [-0.2, 0) is 9.59 Å². The van der Waals surface area contributed by atoms with Crippen molar-refractivity contribution in [1.29, 1.82) is 0 Å². The molecule has 0 aromatic heterocycles. The summed E-state index contributed by atoms with van der Waals surface area (Å²) in [5.41, 5.74) is 1.22. The molecule has 1 N–H and O–H groups in total. The molecule has 1 atom stereocenters. The summed E-state index contributed by atoms with van der Waals surface area (Å²) in [6.45, 7) is 0.312. The summed E-state index contributed by atoms with van der Waals surface area (Å²) in [6.07, 6.45) is 0.150. The molecule has 0 radical (unpaired) electrons. The quantitative estimate of drug-likeness (QED) is 0.874. The zero-order valence-corrected chi connectivity index (χ0v) is 15.0. The summed E-state index contributed by atoms with van der Waals surface area (Å²) in [6, 6.07) is 12.0. The monoisotopic (exact) mass is 378 g/mol. The average Bonchev–Trinajstić information content (AvgIpc) is 2.96. The third-order valence-electron chi connectivity index (χ3n) is 3.99. The maximum absolute atomic E-state index is 12.5. The van der Waals surface area contributed by atoms with Crippen LogP contribution in [0, 0.1) is 5.92 Å². The van der Waals surface area contributed by atoms with Crippen LogP contribution in [0.3, 0.4) is 0 Å². The van der Waals surface area contributed by atoms with Crippen LogP contribution in [0.1, 0.15) is 6.42 Å². The largest absolute Gasteiger partial charge is 0.497 e. The average molecular weight is 379 g/mol. The second-order valence-electron chi connectivity index (χ2n) is 5.75. The maximum atomic E-state index is 12.5. The van der Waals surface area contributed by atoms with Gasteiger partial charge in [0.25, 0.3) is 0 Å². The molecule has 1 aliphatic heterocycles. The summed E-state index contributed by atoms with van der Waals surface area (Å²) in [7, 11) is 1.57. The predicted molar refractivity (Wildman–Crippen MR) is 98.5 cm³/mol. The lowest BCUT2D eigenvalue weighted by Gasteiger charge is -2.17. The van der Waals surface area contributed by atoms with Gasteiger partial charge in [0, 0.05) is 40.5 Å². The molecule has 1 aliphatic rings. The van der Waals surface area contributed by atoms with Gasteiger partial charge < -0.3 is 15.0 Å². The second-order valence-corrected chi connectivity index (χ2v) is 6.63. The van der Waals surface area contributed by atoms with Gasteiger partial charge in [-0.1, -0.05) is 29.3 Å². The van der Waals surface area contributed by atoms with E-state index in [-0.39, 0.29) is 18.2 Å². The molecule has 25 heavy (non-hydrogen) atoms. The van der Waals surface area contributed by atoms with E-state index in [4.69, 9.17) is 27.9 Å². The van der Waals surface area contributed by atoms with E-state index >= 15 is 0 Å². The number of carbonyl (C=O) groups is 2. The smallest absolute Gasteiger partial charge is 0.229 e. The van der Waals surface area contributed by atoms with Crippen molar-refractivity contribution < 1.29 is 14.3 Å². The Balaban J connectivity index is 1.72. The molecule has 3 rings (SSSR count). The first-order valence-electron chi connectivity index (χ1n) is 7.67. The summed E-state index contributed by atoms with van der Waals surface area (Å²) in [4.78, 5) is 26.4. The Morgan fingerprint density at radius 1 is 1.20 bits per heavy atom. The molecule has 1 heterocycles. The molecule has 0 unspecified atom stereocenters. The Kier molecular flexibility index (Phi) is 5.16. The van der Waals surface area contributed by atoms with E-state index in [1.54, 1.807) is 42.3 Å². The highest BCUT2D eigenvalue weighted by atomic mass is 35.5. The normalized spacial score (nSPS) is 16.8. The Hall–Kier alpha value is -2.24. The molecule has 1 fully saturated rings. The van der Waals surface area contributed by atoms with Crippen molar-refractivity contribution in [3.05, 3.63) is 52.5 Å². The van der Waals surface area contributed by atoms with Crippen LogP contribution in [0.15, 0.2) is 42.5 Å². The fraction of sp³-hybridized carbons (Fsp3) is 0.222. The Bertz CT molecular complexity index is 805. The molecule has 0 spiro atoms. The van der Waals surface area contributed by atoms with Crippen LogP contribution in [0.2, 0.25) is 10.0 Å². The highest BCUT2D eigenvalue weighted by Crippen LogP contribution is 2.29. The number of halogens is 2. The number of benzene rings is 2. The standard InChI is InChI=1S/C18H16Cl2N2O3/c1-25-16-4-2-3-15(9-16)22-10-11(5-17(22)23)18(24)21-14-7-12(19)6-13(20)8-14/h2-4,6-9,11H,5,10H2,1H3,(H,21,24)/t11-/m1/s1.